The summed E-state index contributed by atoms with van der Waals surface area (Å²) in [6.07, 6.45) is 0.799. The van der Waals surface area contributed by atoms with Crippen molar-refractivity contribution in [3.05, 3.63) is 59.7 Å². The second kappa shape index (κ2) is 8.62. The maximum absolute atomic E-state index is 12.3. The Bertz CT molecular complexity index is 988. The van der Waals surface area contributed by atoms with Gasteiger partial charge in [0.05, 0.1) is 10.9 Å². The molecule has 154 valence electrons. The monoisotopic (exact) mass is 416 g/mol. The number of nitrogens with zero attached hydrogens (tertiary/aromatic N) is 1. The average Bonchev–Trinajstić information content (AvgIpc) is 3.02. The summed E-state index contributed by atoms with van der Waals surface area (Å²) in [6, 6.07) is 13.3. The number of hydrogen-bond donors (Lipinski definition) is 3. The fourth-order valence-corrected chi connectivity index (χ4v) is 3.70. The number of nitrogens with one attached hydrogen (secondary N) is 2. The number of urea groups is 1. The molecular weight excluding hydrogens is 392 g/mol. The Morgan fingerprint density at radius 1 is 1.14 bits per heavy atom. The lowest BCUT2D eigenvalue weighted by Gasteiger charge is -2.17. The van der Waals surface area contributed by atoms with E-state index in [1.807, 2.05) is 31.2 Å². The molecule has 0 radical (unpaired) electrons. The van der Waals surface area contributed by atoms with E-state index in [1.54, 1.807) is 17.0 Å². The summed E-state index contributed by atoms with van der Waals surface area (Å²) >= 11 is 0. The third-order valence-electron chi connectivity index (χ3n) is 4.76. The molecule has 0 bridgehead atoms. The number of benzene rings is 2. The fourth-order valence-electron chi connectivity index (χ4n) is 3.18. The number of anilines is 1. The molecule has 3 amide bonds. The van der Waals surface area contributed by atoms with Gasteiger partial charge in [-0.1, -0.05) is 29.8 Å². The minimum Gasteiger partial charge on any atom is -0.338 e. The van der Waals surface area contributed by atoms with Crippen LogP contribution in [0.5, 0.6) is 0 Å². The van der Waals surface area contributed by atoms with Crippen LogP contribution in [0.25, 0.3) is 0 Å². The Morgan fingerprint density at radius 3 is 2.41 bits per heavy atom. The highest BCUT2D eigenvalue weighted by Gasteiger charge is 2.31. The third kappa shape index (κ3) is 5.55. The summed E-state index contributed by atoms with van der Waals surface area (Å²) in [5.41, 5.74) is 2.82. The average molecular weight is 417 g/mol. The number of sulfonamides is 1. The molecule has 0 spiro atoms. The number of nitrogens with two attached hydrogens (primary N) is 1. The first-order chi connectivity index (χ1) is 13.7. The summed E-state index contributed by atoms with van der Waals surface area (Å²) in [7, 11) is -3.71. The van der Waals surface area contributed by atoms with Crippen molar-refractivity contribution >= 4 is 27.6 Å². The van der Waals surface area contributed by atoms with E-state index in [0.717, 1.165) is 16.8 Å². The van der Waals surface area contributed by atoms with Gasteiger partial charge >= 0.3 is 6.03 Å². The van der Waals surface area contributed by atoms with Crippen LogP contribution in [0.4, 0.5) is 10.5 Å². The summed E-state index contributed by atoms with van der Waals surface area (Å²) in [5, 5.41) is 10.7. The Morgan fingerprint density at radius 2 is 1.79 bits per heavy atom. The van der Waals surface area contributed by atoms with Crippen LogP contribution < -0.4 is 20.7 Å². The number of rotatable bonds is 6. The number of hydrogen-bond acceptors (Lipinski definition) is 4. The molecule has 1 heterocycles. The molecule has 2 aromatic carbocycles. The molecule has 0 saturated carbocycles. The Labute approximate surface area is 170 Å². The molecule has 1 aliphatic heterocycles. The molecule has 0 aromatic heterocycles. The lowest BCUT2D eigenvalue weighted by molar-refractivity contribution is -0.117. The molecule has 4 N–H and O–H groups in total. The minimum absolute atomic E-state index is 0.0194. The topological polar surface area (TPSA) is 122 Å². The molecule has 1 fully saturated rings. The van der Waals surface area contributed by atoms with E-state index in [1.165, 1.54) is 12.1 Å². The normalized spacial score (nSPS) is 16.7. The van der Waals surface area contributed by atoms with Crippen molar-refractivity contribution in [2.75, 3.05) is 18.0 Å². The van der Waals surface area contributed by atoms with Crippen LogP contribution in [0.2, 0.25) is 0 Å². The van der Waals surface area contributed by atoms with E-state index < -0.39 is 10.0 Å². The van der Waals surface area contributed by atoms with Crippen molar-refractivity contribution in [3.63, 3.8) is 0 Å². The summed E-state index contributed by atoms with van der Waals surface area (Å²) in [5.74, 6) is -0.0194. The molecule has 3 rings (SSSR count). The summed E-state index contributed by atoms with van der Waals surface area (Å²) < 4.78 is 22.5. The molecular formula is C20H24N4O4S. The predicted octanol–water partition coefficient (Wildman–Crippen LogP) is 1.29. The van der Waals surface area contributed by atoms with E-state index in [4.69, 9.17) is 5.14 Å². The van der Waals surface area contributed by atoms with Gasteiger partial charge in [-0.15, -0.1) is 0 Å². The maximum Gasteiger partial charge on any atom is 0.315 e. The van der Waals surface area contributed by atoms with Crippen LogP contribution in [0.15, 0.2) is 53.4 Å². The molecule has 2 aromatic rings. The highest BCUT2D eigenvalue weighted by Crippen LogP contribution is 2.21. The largest absolute Gasteiger partial charge is 0.338 e. The lowest BCUT2D eigenvalue weighted by Crippen LogP contribution is -2.43. The van der Waals surface area contributed by atoms with E-state index in [9.17, 15) is 18.0 Å². The van der Waals surface area contributed by atoms with Gasteiger partial charge in [0, 0.05) is 25.2 Å². The number of carbonyl (C=O) groups is 2. The van der Waals surface area contributed by atoms with Gasteiger partial charge in [-0.2, -0.15) is 0 Å². The molecule has 1 saturated heterocycles. The SMILES string of the molecule is Cc1ccc(N2CC(NC(=O)NCCc3ccc(S(N)(=O)=O)cc3)CC2=O)cc1. The van der Waals surface area contributed by atoms with Gasteiger partial charge in [0.15, 0.2) is 0 Å². The van der Waals surface area contributed by atoms with Crippen LogP contribution >= 0.6 is 0 Å². The Kier molecular flexibility index (Phi) is 6.19. The highest BCUT2D eigenvalue weighted by molar-refractivity contribution is 7.89. The van der Waals surface area contributed by atoms with Crippen molar-refractivity contribution in [2.45, 2.75) is 30.7 Å². The first kappa shape index (κ1) is 20.8. The summed E-state index contributed by atoms with van der Waals surface area (Å²) in [6.45, 7) is 2.80. The van der Waals surface area contributed by atoms with Crippen LogP contribution in [0, 0.1) is 6.92 Å². The zero-order chi connectivity index (χ0) is 21.0. The van der Waals surface area contributed by atoms with Crippen LogP contribution in [0.3, 0.4) is 0 Å². The van der Waals surface area contributed by atoms with E-state index >= 15 is 0 Å². The van der Waals surface area contributed by atoms with Crippen molar-refractivity contribution in [1.82, 2.24) is 10.6 Å². The zero-order valence-corrected chi connectivity index (χ0v) is 16.9. The molecule has 1 atom stereocenters. The van der Waals surface area contributed by atoms with Crippen molar-refractivity contribution in [3.8, 4) is 0 Å². The van der Waals surface area contributed by atoms with Crippen molar-refractivity contribution in [1.29, 1.82) is 0 Å². The van der Waals surface area contributed by atoms with Crippen molar-refractivity contribution in [2.24, 2.45) is 5.14 Å². The van der Waals surface area contributed by atoms with Gasteiger partial charge in [0.1, 0.15) is 0 Å². The number of aryl methyl sites for hydroxylation is 1. The molecule has 29 heavy (non-hydrogen) atoms. The van der Waals surface area contributed by atoms with E-state index in [-0.39, 0.29) is 29.3 Å². The van der Waals surface area contributed by atoms with Gasteiger partial charge in [-0.3, -0.25) is 4.79 Å². The zero-order valence-electron chi connectivity index (χ0n) is 16.1. The van der Waals surface area contributed by atoms with Crippen LogP contribution in [-0.4, -0.2) is 39.5 Å². The second-order valence-corrected chi connectivity index (χ2v) is 8.64. The van der Waals surface area contributed by atoms with Crippen LogP contribution in [-0.2, 0) is 21.2 Å². The Hall–Kier alpha value is -2.91. The van der Waals surface area contributed by atoms with E-state index in [2.05, 4.69) is 10.6 Å². The van der Waals surface area contributed by atoms with Gasteiger partial charge < -0.3 is 15.5 Å². The van der Waals surface area contributed by atoms with Gasteiger partial charge in [-0.25, -0.2) is 18.4 Å². The quantitative estimate of drug-likeness (QED) is 0.657. The first-order valence-electron chi connectivity index (χ1n) is 9.25. The van der Waals surface area contributed by atoms with Crippen LogP contribution in [0.1, 0.15) is 17.5 Å². The van der Waals surface area contributed by atoms with Gasteiger partial charge in [0.25, 0.3) is 0 Å². The molecule has 1 unspecified atom stereocenters. The number of carbonyl (C=O) groups excluding carboxylic acids is 2. The molecule has 9 heteroatoms. The Balaban J connectivity index is 1.45. The first-order valence-corrected chi connectivity index (χ1v) is 10.8. The predicted molar refractivity (Wildman–Crippen MR) is 110 cm³/mol. The number of amides is 3. The van der Waals surface area contributed by atoms with E-state index in [0.29, 0.717) is 19.5 Å². The van der Waals surface area contributed by atoms with Crippen molar-refractivity contribution < 1.29 is 18.0 Å². The molecule has 8 nitrogen and oxygen atoms in total. The summed E-state index contributed by atoms with van der Waals surface area (Å²) in [4.78, 5) is 26.1. The van der Waals surface area contributed by atoms with Gasteiger partial charge in [-0.05, 0) is 43.2 Å². The minimum atomic E-state index is -3.71. The fraction of sp³-hybridized carbons (Fsp3) is 0.300. The standard InChI is InChI=1S/C20H24N4O4S/c1-14-2-6-17(7-3-14)24-13-16(12-19(24)25)23-20(26)22-11-10-15-4-8-18(9-5-15)29(21,27)28/h2-9,16H,10-13H2,1H3,(H2,21,27,28)(H2,22,23,26). The smallest absolute Gasteiger partial charge is 0.315 e. The number of primary sulfonamides is 1. The van der Waals surface area contributed by atoms with Gasteiger partial charge in [0.2, 0.25) is 15.9 Å². The molecule has 1 aliphatic rings. The second-order valence-electron chi connectivity index (χ2n) is 7.08. The molecule has 0 aliphatic carbocycles. The lowest BCUT2D eigenvalue weighted by atomic mass is 10.1. The maximum atomic E-state index is 12.3. The highest BCUT2D eigenvalue weighted by atomic mass is 32.2. The third-order valence-corrected chi connectivity index (χ3v) is 5.69.